The van der Waals surface area contributed by atoms with E-state index in [2.05, 4.69) is 15.3 Å². The minimum atomic E-state index is 0.680. The van der Waals surface area contributed by atoms with E-state index in [1.807, 2.05) is 37.3 Å². The molecule has 1 heterocycles. The molecule has 0 radical (unpaired) electrons. The Labute approximate surface area is 106 Å². The highest BCUT2D eigenvalue weighted by molar-refractivity contribution is 6.30. The van der Waals surface area contributed by atoms with Crippen molar-refractivity contribution < 1.29 is 0 Å². The first-order valence-corrected chi connectivity index (χ1v) is 5.90. The first-order chi connectivity index (χ1) is 8.24. The summed E-state index contributed by atoms with van der Waals surface area (Å²) in [5.41, 5.74) is 2.21. The summed E-state index contributed by atoms with van der Waals surface area (Å²) in [6.07, 6.45) is 2.68. The molecule has 0 aliphatic carbocycles. The van der Waals surface area contributed by atoms with Crippen LogP contribution in [0.25, 0.3) is 0 Å². The van der Waals surface area contributed by atoms with Crippen molar-refractivity contribution >= 4 is 17.5 Å². The van der Waals surface area contributed by atoms with E-state index in [1.54, 1.807) is 6.20 Å². The number of rotatable bonds is 4. The summed E-state index contributed by atoms with van der Waals surface area (Å²) < 4.78 is 0. The standard InChI is InChI=1S/C13H14ClN3/c1-10-6-8-15-13(17-10)16-9-7-11-2-4-12(14)5-3-11/h2-6,8H,7,9H2,1H3,(H,15,16,17). The van der Waals surface area contributed by atoms with Crippen molar-refractivity contribution in [2.24, 2.45) is 0 Å². The Hall–Kier alpha value is -1.61. The van der Waals surface area contributed by atoms with Gasteiger partial charge in [-0.25, -0.2) is 9.97 Å². The van der Waals surface area contributed by atoms with Crippen LogP contribution in [-0.4, -0.2) is 16.5 Å². The van der Waals surface area contributed by atoms with Crippen LogP contribution in [0.1, 0.15) is 11.3 Å². The van der Waals surface area contributed by atoms with E-state index in [4.69, 9.17) is 11.6 Å². The van der Waals surface area contributed by atoms with Gasteiger partial charge < -0.3 is 5.32 Å². The molecule has 0 spiro atoms. The maximum Gasteiger partial charge on any atom is 0.222 e. The Bertz CT molecular complexity index is 482. The quantitative estimate of drug-likeness (QED) is 0.902. The third-order valence-corrected chi connectivity index (χ3v) is 2.66. The molecule has 4 heteroatoms. The van der Waals surface area contributed by atoms with E-state index in [-0.39, 0.29) is 0 Å². The predicted octanol–water partition coefficient (Wildman–Crippen LogP) is 3.09. The smallest absolute Gasteiger partial charge is 0.222 e. The van der Waals surface area contributed by atoms with Gasteiger partial charge in [-0.05, 0) is 37.1 Å². The van der Waals surface area contributed by atoms with Crippen LogP contribution in [-0.2, 0) is 6.42 Å². The third-order valence-electron chi connectivity index (χ3n) is 2.40. The molecule has 0 saturated heterocycles. The van der Waals surface area contributed by atoms with Crippen LogP contribution in [0, 0.1) is 6.92 Å². The van der Waals surface area contributed by atoms with Crippen LogP contribution in [0.5, 0.6) is 0 Å². The number of benzene rings is 1. The van der Waals surface area contributed by atoms with Crippen LogP contribution < -0.4 is 5.32 Å². The monoisotopic (exact) mass is 247 g/mol. The molecule has 0 aliphatic rings. The molecule has 0 unspecified atom stereocenters. The van der Waals surface area contributed by atoms with Crippen LogP contribution >= 0.6 is 11.6 Å². The molecule has 0 atom stereocenters. The normalized spacial score (nSPS) is 10.2. The number of aromatic nitrogens is 2. The van der Waals surface area contributed by atoms with Crippen LogP contribution in [0.2, 0.25) is 5.02 Å². The predicted molar refractivity (Wildman–Crippen MR) is 70.4 cm³/mol. The Kier molecular flexibility index (Phi) is 3.94. The van der Waals surface area contributed by atoms with Gasteiger partial charge in [-0.2, -0.15) is 0 Å². The van der Waals surface area contributed by atoms with Crippen molar-refractivity contribution in [1.82, 2.24) is 9.97 Å². The van der Waals surface area contributed by atoms with E-state index in [0.717, 1.165) is 23.7 Å². The number of halogens is 1. The lowest BCUT2D eigenvalue weighted by Crippen LogP contribution is -2.08. The van der Waals surface area contributed by atoms with Gasteiger partial charge in [0.05, 0.1) is 0 Å². The van der Waals surface area contributed by atoms with Crippen LogP contribution in [0.3, 0.4) is 0 Å². The largest absolute Gasteiger partial charge is 0.354 e. The summed E-state index contributed by atoms with van der Waals surface area (Å²) in [6.45, 7) is 2.76. The highest BCUT2D eigenvalue weighted by Gasteiger charge is 1.96. The van der Waals surface area contributed by atoms with Gasteiger partial charge in [0.2, 0.25) is 5.95 Å². The number of aryl methyl sites for hydroxylation is 1. The molecule has 1 N–H and O–H groups in total. The van der Waals surface area contributed by atoms with Crippen molar-refractivity contribution in [3.63, 3.8) is 0 Å². The minimum absolute atomic E-state index is 0.680. The lowest BCUT2D eigenvalue weighted by molar-refractivity contribution is 0.974. The first kappa shape index (κ1) is 11.9. The number of nitrogens with zero attached hydrogens (tertiary/aromatic N) is 2. The first-order valence-electron chi connectivity index (χ1n) is 5.52. The molecule has 17 heavy (non-hydrogen) atoms. The molecule has 0 fully saturated rings. The van der Waals surface area contributed by atoms with Gasteiger partial charge in [0.1, 0.15) is 0 Å². The van der Waals surface area contributed by atoms with Crippen molar-refractivity contribution in [3.8, 4) is 0 Å². The van der Waals surface area contributed by atoms with Gasteiger partial charge in [-0.1, -0.05) is 23.7 Å². The molecule has 2 aromatic rings. The Balaban J connectivity index is 1.85. The van der Waals surface area contributed by atoms with Gasteiger partial charge in [-0.15, -0.1) is 0 Å². The topological polar surface area (TPSA) is 37.8 Å². The summed E-state index contributed by atoms with van der Waals surface area (Å²) in [7, 11) is 0. The van der Waals surface area contributed by atoms with Gasteiger partial charge in [0.25, 0.3) is 0 Å². The van der Waals surface area contributed by atoms with Gasteiger partial charge in [0, 0.05) is 23.5 Å². The summed E-state index contributed by atoms with van der Waals surface area (Å²) >= 11 is 5.82. The minimum Gasteiger partial charge on any atom is -0.354 e. The molecule has 1 aromatic heterocycles. The van der Waals surface area contributed by atoms with E-state index in [9.17, 15) is 0 Å². The van der Waals surface area contributed by atoms with Crippen molar-refractivity contribution in [1.29, 1.82) is 0 Å². The highest BCUT2D eigenvalue weighted by Crippen LogP contribution is 2.10. The molecule has 0 saturated carbocycles. The second-order valence-corrected chi connectivity index (χ2v) is 4.26. The molecule has 0 amide bonds. The number of hydrogen-bond donors (Lipinski definition) is 1. The van der Waals surface area contributed by atoms with Gasteiger partial charge >= 0.3 is 0 Å². The molecule has 1 aromatic carbocycles. The average Bonchev–Trinajstić information content (AvgIpc) is 2.32. The maximum atomic E-state index is 5.82. The SMILES string of the molecule is Cc1ccnc(NCCc2ccc(Cl)cc2)n1. The molecule has 2 rings (SSSR count). The number of hydrogen-bond acceptors (Lipinski definition) is 3. The summed E-state index contributed by atoms with van der Waals surface area (Å²) in [6, 6.07) is 9.74. The fourth-order valence-electron chi connectivity index (χ4n) is 1.50. The van der Waals surface area contributed by atoms with Crippen LogP contribution in [0.4, 0.5) is 5.95 Å². The van der Waals surface area contributed by atoms with Crippen LogP contribution in [0.15, 0.2) is 36.5 Å². The summed E-state index contributed by atoms with van der Waals surface area (Å²) in [4.78, 5) is 8.42. The molecule has 3 nitrogen and oxygen atoms in total. The van der Waals surface area contributed by atoms with E-state index >= 15 is 0 Å². The van der Waals surface area contributed by atoms with Crippen molar-refractivity contribution in [2.75, 3.05) is 11.9 Å². The third kappa shape index (κ3) is 3.71. The molecular weight excluding hydrogens is 234 g/mol. The van der Waals surface area contributed by atoms with E-state index in [0.29, 0.717) is 5.95 Å². The van der Waals surface area contributed by atoms with E-state index < -0.39 is 0 Å². The average molecular weight is 248 g/mol. The van der Waals surface area contributed by atoms with Gasteiger partial charge in [0.15, 0.2) is 0 Å². The van der Waals surface area contributed by atoms with Gasteiger partial charge in [-0.3, -0.25) is 0 Å². The zero-order valence-corrected chi connectivity index (χ0v) is 10.4. The molecule has 0 bridgehead atoms. The Morgan fingerprint density at radius 2 is 1.94 bits per heavy atom. The van der Waals surface area contributed by atoms with Crippen molar-refractivity contribution in [3.05, 3.63) is 52.8 Å². The summed E-state index contributed by atoms with van der Waals surface area (Å²) in [5, 5.41) is 3.96. The number of anilines is 1. The zero-order chi connectivity index (χ0) is 12.1. The molecule has 88 valence electrons. The fourth-order valence-corrected chi connectivity index (χ4v) is 1.63. The maximum absolute atomic E-state index is 5.82. The molecular formula is C13H14ClN3. The lowest BCUT2D eigenvalue weighted by atomic mass is 10.1. The Morgan fingerprint density at radius 1 is 1.18 bits per heavy atom. The highest BCUT2D eigenvalue weighted by atomic mass is 35.5. The fraction of sp³-hybridized carbons (Fsp3) is 0.231. The summed E-state index contributed by atoms with van der Waals surface area (Å²) in [5.74, 6) is 0.680. The van der Waals surface area contributed by atoms with E-state index in [1.165, 1.54) is 5.56 Å². The lowest BCUT2D eigenvalue weighted by Gasteiger charge is -2.05. The Morgan fingerprint density at radius 3 is 2.65 bits per heavy atom. The second-order valence-electron chi connectivity index (χ2n) is 3.82. The number of nitrogens with one attached hydrogen (secondary N) is 1. The van der Waals surface area contributed by atoms with Crippen molar-refractivity contribution in [2.45, 2.75) is 13.3 Å². The molecule has 0 aliphatic heterocycles. The second kappa shape index (κ2) is 5.64. The zero-order valence-electron chi connectivity index (χ0n) is 9.65.